The van der Waals surface area contributed by atoms with Gasteiger partial charge in [0.1, 0.15) is 0 Å². The minimum Gasteiger partial charge on any atom is -0.420 e. The minimum atomic E-state index is -0.276. The average Bonchev–Trinajstić information content (AvgIpc) is 2.42. The van der Waals surface area contributed by atoms with Gasteiger partial charge < -0.3 is 4.43 Å². The quantitative estimate of drug-likeness (QED) is 0.424. The van der Waals surface area contributed by atoms with E-state index in [9.17, 15) is 0 Å². The lowest BCUT2D eigenvalue weighted by Gasteiger charge is -2.04. The standard InChI is InChI=1S/C16H28OSi/c1-2-3-4-5-6-7-11-14-18-17-15-16-12-9-8-10-13-16/h8-10,12-13H,2-7,11,14-15,18H2,1H3. The molecule has 0 aliphatic carbocycles. The van der Waals surface area contributed by atoms with Crippen LogP contribution < -0.4 is 0 Å². The van der Waals surface area contributed by atoms with E-state index in [4.69, 9.17) is 4.43 Å². The van der Waals surface area contributed by atoms with Gasteiger partial charge in [0.15, 0.2) is 9.76 Å². The summed E-state index contributed by atoms with van der Waals surface area (Å²) in [5.41, 5.74) is 1.31. The molecule has 0 aliphatic heterocycles. The molecular weight excluding hydrogens is 236 g/mol. The molecule has 0 N–H and O–H groups in total. The molecule has 0 spiro atoms. The largest absolute Gasteiger partial charge is 0.420 e. The van der Waals surface area contributed by atoms with Crippen molar-refractivity contribution in [3.05, 3.63) is 35.9 Å². The highest BCUT2D eigenvalue weighted by Gasteiger charge is 1.94. The predicted octanol–water partition coefficient (Wildman–Crippen LogP) is 4.46. The fraction of sp³-hybridized carbons (Fsp3) is 0.625. The van der Waals surface area contributed by atoms with Crippen molar-refractivity contribution in [3.63, 3.8) is 0 Å². The first-order chi connectivity index (χ1) is 8.93. The number of hydrogen-bond acceptors (Lipinski definition) is 1. The summed E-state index contributed by atoms with van der Waals surface area (Å²) < 4.78 is 5.80. The molecule has 0 radical (unpaired) electrons. The van der Waals surface area contributed by atoms with Gasteiger partial charge in [-0.15, -0.1) is 0 Å². The van der Waals surface area contributed by atoms with Crippen molar-refractivity contribution in [2.75, 3.05) is 0 Å². The number of hydrogen-bond donors (Lipinski definition) is 0. The lowest BCUT2D eigenvalue weighted by molar-refractivity contribution is 0.323. The highest BCUT2D eigenvalue weighted by atomic mass is 28.2. The van der Waals surface area contributed by atoms with Gasteiger partial charge in [-0.1, -0.05) is 82.2 Å². The van der Waals surface area contributed by atoms with Crippen molar-refractivity contribution in [2.45, 2.75) is 64.5 Å². The van der Waals surface area contributed by atoms with E-state index in [0.29, 0.717) is 0 Å². The van der Waals surface area contributed by atoms with E-state index >= 15 is 0 Å². The van der Waals surface area contributed by atoms with Gasteiger partial charge in [0.25, 0.3) is 0 Å². The molecule has 0 heterocycles. The van der Waals surface area contributed by atoms with Crippen LogP contribution in [0, 0.1) is 0 Å². The molecular formula is C16H28OSi. The van der Waals surface area contributed by atoms with E-state index in [1.165, 1.54) is 56.6 Å². The average molecular weight is 264 g/mol. The maximum atomic E-state index is 5.80. The highest BCUT2D eigenvalue weighted by molar-refractivity contribution is 6.26. The first-order valence-corrected chi connectivity index (χ1v) is 9.13. The monoisotopic (exact) mass is 264 g/mol. The summed E-state index contributed by atoms with van der Waals surface area (Å²) in [4.78, 5) is 0. The normalized spacial score (nSPS) is 11.4. The number of benzene rings is 1. The van der Waals surface area contributed by atoms with Crippen molar-refractivity contribution < 1.29 is 4.43 Å². The first-order valence-electron chi connectivity index (χ1n) is 7.55. The zero-order valence-corrected chi connectivity index (χ0v) is 13.3. The van der Waals surface area contributed by atoms with Crippen molar-refractivity contribution >= 4 is 9.76 Å². The maximum absolute atomic E-state index is 5.80. The molecule has 0 unspecified atom stereocenters. The molecule has 1 aromatic carbocycles. The fourth-order valence-electron chi connectivity index (χ4n) is 2.10. The molecule has 18 heavy (non-hydrogen) atoms. The second-order valence-electron chi connectivity index (χ2n) is 5.01. The third-order valence-electron chi connectivity index (χ3n) is 3.25. The van der Waals surface area contributed by atoms with Gasteiger partial charge in [0.05, 0.1) is 6.61 Å². The van der Waals surface area contributed by atoms with Crippen LogP contribution in [0.5, 0.6) is 0 Å². The molecule has 2 heteroatoms. The molecule has 0 aromatic heterocycles. The molecule has 0 saturated carbocycles. The zero-order valence-electron chi connectivity index (χ0n) is 11.9. The summed E-state index contributed by atoms with van der Waals surface area (Å²) in [5, 5.41) is 0. The van der Waals surface area contributed by atoms with Gasteiger partial charge in [0, 0.05) is 0 Å². The highest BCUT2D eigenvalue weighted by Crippen LogP contribution is 2.08. The van der Waals surface area contributed by atoms with Crippen LogP contribution >= 0.6 is 0 Å². The van der Waals surface area contributed by atoms with E-state index < -0.39 is 0 Å². The van der Waals surface area contributed by atoms with Crippen molar-refractivity contribution in [1.29, 1.82) is 0 Å². The lowest BCUT2D eigenvalue weighted by Crippen LogP contribution is -1.98. The van der Waals surface area contributed by atoms with Gasteiger partial charge in [-0.3, -0.25) is 0 Å². The van der Waals surface area contributed by atoms with Crippen LogP contribution in [0.25, 0.3) is 0 Å². The topological polar surface area (TPSA) is 9.23 Å². The summed E-state index contributed by atoms with van der Waals surface area (Å²) in [6, 6.07) is 11.8. The van der Waals surface area contributed by atoms with E-state index in [2.05, 4.69) is 37.3 Å². The van der Waals surface area contributed by atoms with Gasteiger partial charge in [-0.2, -0.15) is 0 Å². The molecule has 1 rings (SSSR count). The third-order valence-corrected chi connectivity index (χ3v) is 4.54. The van der Waals surface area contributed by atoms with Crippen LogP contribution in [0.2, 0.25) is 6.04 Å². The van der Waals surface area contributed by atoms with E-state index in [0.717, 1.165) is 6.61 Å². The summed E-state index contributed by atoms with van der Waals surface area (Å²) >= 11 is 0. The van der Waals surface area contributed by atoms with Crippen molar-refractivity contribution in [1.82, 2.24) is 0 Å². The summed E-state index contributed by atoms with van der Waals surface area (Å²) in [6.07, 6.45) is 9.83. The van der Waals surface area contributed by atoms with Gasteiger partial charge in [0.2, 0.25) is 0 Å². The Morgan fingerprint density at radius 1 is 0.889 bits per heavy atom. The van der Waals surface area contributed by atoms with Crippen LogP contribution in [-0.4, -0.2) is 9.76 Å². The summed E-state index contributed by atoms with van der Waals surface area (Å²) in [6.45, 7) is 3.10. The summed E-state index contributed by atoms with van der Waals surface area (Å²) in [5.74, 6) is 0. The van der Waals surface area contributed by atoms with Crippen molar-refractivity contribution in [3.8, 4) is 0 Å². The van der Waals surface area contributed by atoms with Gasteiger partial charge in [-0.25, -0.2) is 0 Å². The molecule has 0 fully saturated rings. The van der Waals surface area contributed by atoms with E-state index in [1.54, 1.807) is 0 Å². The molecule has 0 bridgehead atoms. The van der Waals surface area contributed by atoms with Crippen LogP contribution in [0.1, 0.15) is 57.4 Å². The van der Waals surface area contributed by atoms with Gasteiger partial charge in [-0.05, 0) is 11.6 Å². The Labute approximate surface area is 115 Å². The van der Waals surface area contributed by atoms with E-state index in [1.807, 2.05) is 0 Å². The fourth-order valence-corrected chi connectivity index (χ4v) is 3.24. The Morgan fingerprint density at radius 3 is 2.28 bits per heavy atom. The Kier molecular flexibility index (Phi) is 9.86. The second-order valence-corrected chi connectivity index (χ2v) is 6.54. The third kappa shape index (κ3) is 8.48. The maximum Gasteiger partial charge on any atom is 0.162 e. The van der Waals surface area contributed by atoms with Crippen LogP contribution in [0.4, 0.5) is 0 Å². The molecule has 0 amide bonds. The Balaban J connectivity index is 1.82. The molecule has 1 aromatic rings. The molecule has 0 aliphatic rings. The molecule has 0 atom stereocenters. The second kappa shape index (κ2) is 11.5. The van der Waals surface area contributed by atoms with Gasteiger partial charge >= 0.3 is 0 Å². The summed E-state index contributed by atoms with van der Waals surface area (Å²) in [7, 11) is -0.276. The predicted molar refractivity (Wildman–Crippen MR) is 82.6 cm³/mol. The van der Waals surface area contributed by atoms with Crippen molar-refractivity contribution in [2.24, 2.45) is 0 Å². The zero-order chi connectivity index (χ0) is 12.9. The van der Waals surface area contributed by atoms with Crippen LogP contribution in [-0.2, 0) is 11.0 Å². The molecule has 1 nitrogen and oxygen atoms in total. The number of unbranched alkanes of at least 4 members (excludes halogenated alkanes) is 6. The molecule has 0 saturated heterocycles. The van der Waals surface area contributed by atoms with E-state index in [-0.39, 0.29) is 9.76 Å². The SMILES string of the molecule is CCCCCCCCC[SiH2]OCc1ccccc1. The number of rotatable bonds is 11. The van der Waals surface area contributed by atoms with Crippen LogP contribution in [0.15, 0.2) is 30.3 Å². The van der Waals surface area contributed by atoms with Crippen LogP contribution in [0.3, 0.4) is 0 Å². The minimum absolute atomic E-state index is 0.276. The lowest BCUT2D eigenvalue weighted by atomic mass is 10.1. The smallest absolute Gasteiger partial charge is 0.162 e. The Bertz CT molecular complexity index is 274. The first kappa shape index (κ1) is 15.5. The Morgan fingerprint density at radius 2 is 1.56 bits per heavy atom. The molecule has 102 valence electrons. The Hall–Kier alpha value is -0.603.